The zero-order valence-electron chi connectivity index (χ0n) is 18.7. The molecule has 1 fully saturated rings. The molecule has 1 saturated carbocycles. The molecular formula is C26H31NO4. The molecule has 0 saturated heterocycles. The molecule has 0 radical (unpaired) electrons. The topological polar surface area (TPSA) is 56.8 Å². The molecule has 31 heavy (non-hydrogen) atoms. The van der Waals surface area contributed by atoms with Gasteiger partial charge in [-0.05, 0) is 63.8 Å². The lowest BCUT2D eigenvalue weighted by Gasteiger charge is -2.43. The predicted molar refractivity (Wildman–Crippen MR) is 120 cm³/mol. The standard InChI is InChI=1S/C26H31NO4/c1-25(2,3)30-24(28)20-14-10-16-26(23(20)18-11-6-5-7-12-18)17-21(27-31-26)19-13-8-9-15-22(19)29-4/h5-9,11-13,15,17,20,23,27H,10,14,16H2,1-4H3/t20?,23-,26+/m1/s1. The van der Waals surface area contributed by atoms with Gasteiger partial charge in [-0.1, -0.05) is 42.5 Å². The minimum absolute atomic E-state index is 0.156. The molecule has 1 unspecified atom stereocenters. The van der Waals surface area contributed by atoms with Crippen LogP contribution in [-0.4, -0.2) is 24.3 Å². The lowest BCUT2D eigenvalue weighted by atomic mass is 9.65. The second-order valence-corrected chi connectivity index (χ2v) is 9.34. The van der Waals surface area contributed by atoms with Gasteiger partial charge in [-0.15, -0.1) is 0 Å². The van der Waals surface area contributed by atoms with E-state index in [-0.39, 0.29) is 17.8 Å². The van der Waals surface area contributed by atoms with Gasteiger partial charge in [-0.2, -0.15) is 0 Å². The van der Waals surface area contributed by atoms with Gasteiger partial charge in [0.05, 0.1) is 18.7 Å². The van der Waals surface area contributed by atoms with E-state index in [0.29, 0.717) is 0 Å². The number of para-hydroxylation sites is 1. The molecule has 1 N–H and O–H groups in total. The highest BCUT2D eigenvalue weighted by atomic mass is 16.7. The Bertz CT molecular complexity index is 963. The third kappa shape index (κ3) is 4.33. The highest BCUT2D eigenvalue weighted by molar-refractivity contribution is 5.76. The number of hydrogen-bond acceptors (Lipinski definition) is 5. The van der Waals surface area contributed by atoms with Crippen LogP contribution in [0.1, 0.15) is 57.1 Å². The van der Waals surface area contributed by atoms with Crippen LogP contribution >= 0.6 is 0 Å². The van der Waals surface area contributed by atoms with Gasteiger partial charge in [-0.25, -0.2) is 0 Å². The first-order valence-corrected chi connectivity index (χ1v) is 10.9. The van der Waals surface area contributed by atoms with Crippen molar-refractivity contribution in [1.29, 1.82) is 0 Å². The Balaban J connectivity index is 1.77. The van der Waals surface area contributed by atoms with Gasteiger partial charge in [-0.3, -0.25) is 15.1 Å². The molecule has 1 aliphatic carbocycles. The zero-order valence-corrected chi connectivity index (χ0v) is 18.7. The van der Waals surface area contributed by atoms with E-state index in [1.165, 1.54) is 0 Å². The van der Waals surface area contributed by atoms with Crippen molar-refractivity contribution in [2.24, 2.45) is 5.92 Å². The number of carbonyl (C=O) groups excluding carboxylic acids is 1. The summed E-state index contributed by atoms with van der Waals surface area (Å²) in [5.74, 6) is 0.170. The van der Waals surface area contributed by atoms with Crippen LogP contribution in [0.25, 0.3) is 5.70 Å². The van der Waals surface area contributed by atoms with E-state index in [4.69, 9.17) is 14.3 Å². The Kier molecular flexibility index (Phi) is 5.80. The molecule has 1 aliphatic heterocycles. The van der Waals surface area contributed by atoms with Crippen LogP contribution in [0.2, 0.25) is 0 Å². The fourth-order valence-corrected chi connectivity index (χ4v) is 4.80. The first-order chi connectivity index (χ1) is 14.8. The summed E-state index contributed by atoms with van der Waals surface area (Å²) in [6, 6.07) is 18.0. The average Bonchev–Trinajstić information content (AvgIpc) is 3.16. The van der Waals surface area contributed by atoms with Crippen molar-refractivity contribution < 1.29 is 19.1 Å². The fraction of sp³-hybridized carbons (Fsp3) is 0.423. The normalized spacial score (nSPS) is 25.6. The lowest BCUT2D eigenvalue weighted by Crippen LogP contribution is -2.47. The van der Waals surface area contributed by atoms with Crippen molar-refractivity contribution in [3.8, 4) is 5.75 Å². The molecule has 2 aromatic rings. The van der Waals surface area contributed by atoms with Gasteiger partial charge in [0.1, 0.15) is 17.0 Å². The Morgan fingerprint density at radius 1 is 1.10 bits per heavy atom. The van der Waals surface area contributed by atoms with Crippen LogP contribution < -0.4 is 10.2 Å². The third-order valence-electron chi connectivity index (χ3n) is 6.02. The van der Waals surface area contributed by atoms with E-state index in [1.54, 1.807) is 7.11 Å². The minimum Gasteiger partial charge on any atom is -0.496 e. The van der Waals surface area contributed by atoms with Crippen molar-refractivity contribution in [3.63, 3.8) is 0 Å². The monoisotopic (exact) mass is 421 g/mol. The zero-order chi connectivity index (χ0) is 22.1. The fourth-order valence-electron chi connectivity index (χ4n) is 4.80. The number of methoxy groups -OCH3 is 1. The highest BCUT2D eigenvalue weighted by Gasteiger charge is 2.52. The largest absolute Gasteiger partial charge is 0.496 e. The molecule has 2 aliphatic rings. The molecule has 2 aromatic carbocycles. The van der Waals surface area contributed by atoms with Crippen LogP contribution in [0.4, 0.5) is 0 Å². The van der Waals surface area contributed by atoms with Crippen molar-refractivity contribution in [1.82, 2.24) is 5.48 Å². The molecule has 0 amide bonds. The molecule has 164 valence electrons. The second kappa shape index (κ2) is 8.39. The number of rotatable bonds is 4. The molecule has 1 heterocycles. The first-order valence-electron chi connectivity index (χ1n) is 10.9. The summed E-state index contributed by atoms with van der Waals surface area (Å²) in [5, 5.41) is 0. The molecule has 3 atom stereocenters. The third-order valence-corrected chi connectivity index (χ3v) is 6.02. The molecular weight excluding hydrogens is 390 g/mol. The Morgan fingerprint density at radius 2 is 1.81 bits per heavy atom. The van der Waals surface area contributed by atoms with Crippen LogP contribution in [0.3, 0.4) is 0 Å². The van der Waals surface area contributed by atoms with Gasteiger partial charge in [0.25, 0.3) is 0 Å². The Hall–Kier alpha value is -2.79. The van der Waals surface area contributed by atoms with Gasteiger partial charge in [0.2, 0.25) is 0 Å². The number of esters is 1. The maximum absolute atomic E-state index is 13.3. The van der Waals surface area contributed by atoms with E-state index in [0.717, 1.165) is 41.8 Å². The number of hydrogen-bond donors (Lipinski definition) is 1. The Morgan fingerprint density at radius 3 is 2.52 bits per heavy atom. The average molecular weight is 422 g/mol. The van der Waals surface area contributed by atoms with Crippen molar-refractivity contribution in [2.75, 3.05) is 7.11 Å². The molecule has 5 heteroatoms. The van der Waals surface area contributed by atoms with Gasteiger partial charge >= 0.3 is 5.97 Å². The van der Waals surface area contributed by atoms with Crippen molar-refractivity contribution in [2.45, 2.75) is 57.2 Å². The van der Waals surface area contributed by atoms with Crippen LogP contribution in [0, 0.1) is 5.92 Å². The van der Waals surface area contributed by atoms with Crippen molar-refractivity contribution in [3.05, 3.63) is 71.8 Å². The van der Waals surface area contributed by atoms with Crippen LogP contribution in [0.15, 0.2) is 60.7 Å². The van der Waals surface area contributed by atoms with Crippen LogP contribution in [0.5, 0.6) is 5.75 Å². The number of benzene rings is 2. The van der Waals surface area contributed by atoms with E-state index >= 15 is 0 Å². The summed E-state index contributed by atoms with van der Waals surface area (Å²) < 4.78 is 11.4. The summed E-state index contributed by atoms with van der Waals surface area (Å²) in [7, 11) is 1.66. The molecule has 0 aromatic heterocycles. The number of nitrogens with one attached hydrogen (secondary N) is 1. The first kappa shape index (κ1) is 21.4. The highest BCUT2D eigenvalue weighted by Crippen LogP contribution is 2.51. The minimum atomic E-state index is -0.642. The summed E-state index contributed by atoms with van der Waals surface area (Å²) >= 11 is 0. The maximum Gasteiger partial charge on any atom is 0.310 e. The number of ether oxygens (including phenoxy) is 2. The molecule has 4 rings (SSSR count). The van der Waals surface area contributed by atoms with Gasteiger partial charge < -0.3 is 9.47 Å². The smallest absolute Gasteiger partial charge is 0.310 e. The number of hydroxylamine groups is 1. The van der Waals surface area contributed by atoms with E-state index < -0.39 is 11.2 Å². The van der Waals surface area contributed by atoms with Gasteiger partial charge in [0.15, 0.2) is 0 Å². The quantitative estimate of drug-likeness (QED) is 0.685. The van der Waals surface area contributed by atoms with E-state index in [2.05, 4.69) is 23.7 Å². The summed E-state index contributed by atoms with van der Waals surface area (Å²) in [4.78, 5) is 19.6. The molecule has 0 bridgehead atoms. The van der Waals surface area contributed by atoms with E-state index in [1.807, 2.05) is 63.2 Å². The van der Waals surface area contributed by atoms with Crippen molar-refractivity contribution >= 4 is 11.7 Å². The lowest BCUT2D eigenvalue weighted by molar-refractivity contribution is -0.168. The van der Waals surface area contributed by atoms with E-state index in [9.17, 15) is 4.79 Å². The molecule has 5 nitrogen and oxygen atoms in total. The summed E-state index contributed by atoms with van der Waals surface area (Å²) in [6.45, 7) is 5.73. The molecule has 1 spiro atoms. The SMILES string of the molecule is COc1ccccc1C1=C[C@]2(CCCC(C(=O)OC(C)(C)C)[C@H]2c2ccccc2)ON1. The summed E-state index contributed by atoms with van der Waals surface area (Å²) in [6.07, 6.45) is 4.61. The predicted octanol–water partition coefficient (Wildman–Crippen LogP) is 5.24. The maximum atomic E-state index is 13.3. The summed E-state index contributed by atoms with van der Waals surface area (Å²) in [5.41, 5.74) is 4.85. The van der Waals surface area contributed by atoms with Gasteiger partial charge in [0, 0.05) is 11.5 Å². The van der Waals surface area contributed by atoms with Crippen LogP contribution in [-0.2, 0) is 14.4 Å². The second-order valence-electron chi connectivity index (χ2n) is 9.34. The number of carbonyl (C=O) groups is 1. The Labute approximate surface area is 184 Å².